The van der Waals surface area contributed by atoms with Crippen LogP contribution in [-0.2, 0) is 6.42 Å². The fourth-order valence-corrected chi connectivity index (χ4v) is 1.45. The summed E-state index contributed by atoms with van der Waals surface area (Å²) in [6.07, 6.45) is 0.869. The van der Waals surface area contributed by atoms with Crippen molar-refractivity contribution in [2.45, 2.75) is 20.3 Å². The van der Waals surface area contributed by atoms with Gasteiger partial charge in [0, 0.05) is 6.54 Å². The Morgan fingerprint density at radius 2 is 2.06 bits per heavy atom. The largest absolute Gasteiger partial charge is 0.491 e. The van der Waals surface area contributed by atoms with Crippen LogP contribution >= 0.6 is 0 Å². The first-order valence-electron chi connectivity index (χ1n) is 5.77. The van der Waals surface area contributed by atoms with Crippen LogP contribution in [0.4, 0.5) is 4.39 Å². The Labute approximate surface area is 97.0 Å². The second kappa shape index (κ2) is 6.48. The third-order valence-corrected chi connectivity index (χ3v) is 2.62. The lowest BCUT2D eigenvalue weighted by atomic mass is 10.1. The van der Waals surface area contributed by atoms with Crippen LogP contribution in [-0.4, -0.2) is 31.6 Å². The molecule has 0 atom stereocenters. The predicted octanol–water partition coefficient (Wildman–Crippen LogP) is 2.72. The lowest BCUT2D eigenvalue weighted by molar-refractivity contribution is 0.321. The van der Waals surface area contributed by atoms with E-state index in [4.69, 9.17) is 4.74 Å². The van der Waals surface area contributed by atoms with E-state index in [-0.39, 0.29) is 5.82 Å². The van der Waals surface area contributed by atoms with Crippen LogP contribution in [0.3, 0.4) is 0 Å². The molecule has 0 aromatic heterocycles. The van der Waals surface area contributed by atoms with Crippen molar-refractivity contribution in [1.29, 1.82) is 0 Å². The van der Waals surface area contributed by atoms with Crippen molar-refractivity contribution in [1.82, 2.24) is 4.90 Å². The van der Waals surface area contributed by atoms with Gasteiger partial charge in [-0.15, -0.1) is 0 Å². The monoisotopic (exact) mass is 225 g/mol. The third-order valence-electron chi connectivity index (χ3n) is 2.62. The molecule has 0 aliphatic heterocycles. The van der Waals surface area contributed by atoms with Crippen LogP contribution in [0, 0.1) is 5.82 Å². The van der Waals surface area contributed by atoms with Gasteiger partial charge in [0.15, 0.2) is 11.6 Å². The Balaban J connectivity index is 2.59. The molecule has 0 saturated heterocycles. The number of halogens is 1. The van der Waals surface area contributed by atoms with Gasteiger partial charge >= 0.3 is 0 Å². The van der Waals surface area contributed by atoms with Crippen molar-refractivity contribution in [2.24, 2.45) is 0 Å². The van der Waals surface area contributed by atoms with Crippen molar-refractivity contribution in [3.05, 3.63) is 29.6 Å². The zero-order chi connectivity index (χ0) is 12.0. The minimum Gasteiger partial charge on any atom is -0.491 e. The molecule has 0 heterocycles. The molecule has 0 N–H and O–H groups in total. The standard InChI is InChI=1S/C13H20FNO/c1-4-15(3)9-8-11-6-7-13(16-5-2)12(14)10-11/h6-7,10H,4-5,8-9H2,1-3H3. The van der Waals surface area contributed by atoms with Crippen LogP contribution < -0.4 is 4.74 Å². The molecule has 1 rings (SSSR count). The predicted molar refractivity (Wildman–Crippen MR) is 64.4 cm³/mol. The SMILES string of the molecule is CCOc1ccc(CCN(C)CC)cc1F. The van der Waals surface area contributed by atoms with Crippen molar-refractivity contribution in [3.8, 4) is 5.75 Å². The van der Waals surface area contributed by atoms with E-state index in [2.05, 4.69) is 18.9 Å². The van der Waals surface area contributed by atoms with Crippen LogP contribution in [0.25, 0.3) is 0 Å². The quantitative estimate of drug-likeness (QED) is 0.738. The molecule has 0 radical (unpaired) electrons. The van der Waals surface area contributed by atoms with Gasteiger partial charge in [-0.3, -0.25) is 0 Å². The summed E-state index contributed by atoms with van der Waals surface area (Å²) in [6, 6.07) is 5.20. The average molecular weight is 225 g/mol. The fourth-order valence-electron chi connectivity index (χ4n) is 1.45. The van der Waals surface area contributed by atoms with Crippen molar-refractivity contribution >= 4 is 0 Å². The van der Waals surface area contributed by atoms with Crippen LogP contribution in [0.5, 0.6) is 5.75 Å². The van der Waals surface area contributed by atoms with E-state index in [1.165, 1.54) is 0 Å². The Morgan fingerprint density at radius 3 is 2.62 bits per heavy atom. The Hall–Kier alpha value is -1.09. The van der Waals surface area contributed by atoms with Crippen molar-refractivity contribution < 1.29 is 9.13 Å². The summed E-state index contributed by atoms with van der Waals surface area (Å²) in [7, 11) is 2.06. The molecule has 1 aromatic rings. The van der Waals surface area contributed by atoms with Gasteiger partial charge in [0.05, 0.1) is 6.61 Å². The normalized spacial score (nSPS) is 10.8. The second-order valence-electron chi connectivity index (χ2n) is 3.84. The van der Waals surface area contributed by atoms with Crippen molar-refractivity contribution in [2.75, 3.05) is 26.7 Å². The molecule has 0 bridgehead atoms. The highest BCUT2D eigenvalue weighted by molar-refractivity contribution is 5.29. The van der Waals surface area contributed by atoms with Crippen molar-refractivity contribution in [3.63, 3.8) is 0 Å². The van der Waals surface area contributed by atoms with Gasteiger partial charge in [-0.25, -0.2) is 4.39 Å². The van der Waals surface area contributed by atoms with Crippen LogP contribution in [0.2, 0.25) is 0 Å². The number of ether oxygens (including phenoxy) is 1. The maximum absolute atomic E-state index is 13.5. The molecule has 0 aliphatic carbocycles. The number of benzene rings is 1. The number of hydrogen-bond donors (Lipinski definition) is 0. The fraction of sp³-hybridized carbons (Fsp3) is 0.538. The lowest BCUT2D eigenvalue weighted by Gasteiger charge is -2.13. The van der Waals surface area contributed by atoms with Gasteiger partial charge in [0.2, 0.25) is 0 Å². The topological polar surface area (TPSA) is 12.5 Å². The van der Waals surface area contributed by atoms with Gasteiger partial charge in [0.25, 0.3) is 0 Å². The second-order valence-corrected chi connectivity index (χ2v) is 3.84. The highest BCUT2D eigenvalue weighted by atomic mass is 19.1. The van der Waals surface area contributed by atoms with Gasteiger partial charge in [-0.1, -0.05) is 13.0 Å². The molecular weight excluding hydrogens is 205 g/mol. The minimum atomic E-state index is -0.265. The number of nitrogens with zero attached hydrogens (tertiary/aromatic N) is 1. The molecule has 0 saturated carbocycles. The van der Waals surface area contributed by atoms with E-state index < -0.39 is 0 Å². The van der Waals surface area contributed by atoms with Crippen LogP contribution in [0.15, 0.2) is 18.2 Å². The molecule has 3 heteroatoms. The Bertz CT molecular complexity index is 328. The molecule has 2 nitrogen and oxygen atoms in total. The third kappa shape index (κ3) is 3.81. The maximum Gasteiger partial charge on any atom is 0.165 e. The smallest absolute Gasteiger partial charge is 0.165 e. The molecule has 0 amide bonds. The average Bonchev–Trinajstić information content (AvgIpc) is 2.29. The van der Waals surface area contributed by atoms with E-state index in [1.54, 1.807) is 12.1 Å². The first-order chi connectivity index (χ1) is 7.67. The lowest BCUT2D eigenvalue weighted by Crippen LogP contribution is -2.20. The van der Waals surface area contributed by atoms with Gasteiger partial charge in [-0.2, -0.15) is 0 Å². The summed E-state index contributed by atoms with van der Waals surface area (Å²) in [4.78, 5) is 2.20. The van der Waals surface area contributed by atoms with E-state index in [0.29, 0.717) is 12.4 Å². The highest BCUT2D eigenvalue weighted by Gasteiger charge is 2.04. The zero-order valence-electron chi connectivity index (χ0n) is 10.3. The number of likely N-dealkylation sites (N-methyl/N-ethyl adjacent to an activating group) is 1. The first kappa shape index (κ1) is 13.0. The van der Waals surface area contributed by atoms with Crippen LogP contribution in [0.1, 0.15) is 19.4 Å². The molecule has 0 unspecified atom stereocenters. The summed E-state index contributed by atoms with van der Waals surface area (Å²) < 4.78 is 18.7. The number of hydrogen-bond acceptors (Lipinski definition) is 2. The minimum absolute atomic E-state index is 0.265. The summed E-state index contributed by atoms with van der Waals surface area (Å²) in [5, 5.41) is 0. The van der Waals surface area contributed by atoms with Gasteiger partial charge in [0.1, 0.15) is 0 Å². The first-order valence-corrected chi connectivity index (χ1v) is 5.77. The molecule has 0 fully saturated rings. The molecule has 0 spiro atoms. The summed E-state index contributed by atoms with van der Waals surface area (Å²) >= 11 is 0. The molecule has 1 aromatic carbocycles. The Morgan fingerprint density at radius 1 is 1.31 bits per heavy atom. The molecular formula is C13H20FNO. The highest BCUT2D eigenvalue weighted by Crippen LogP contribution is 2.18. The molecule has 90 valence electrons. The van der Waals surface area contributed by atoms with E-state index >= 15 is 0 Å². The van der Waals surface area contributed by atoms with E-state index in [9.17, 15) is 4.39 Å². The molecule has 16 heavy (non-hydrogen) atoms. The van der Waals surface area contributed by atoms with E-state index in [0.717, 1.165) is 25.1 Å². The summed E-state index contributed by atoms with van der Waals surface area (Å²) in [5.74, 6) is 0.0774. The molecule has 0 aliphatic rings. The maximum atomic E-state index is 13.5. The Kier molecular flexibility index (Phi) is 5.26. The number of rotatable bonds is 6. The summed E-state index contributed by atoms with van der Waals surface area (Å²) in [6.45, 7) is 6.42. The summed E-state index contributed by atoms with van der Waals surface area (Å²) in [5.41, 5.74) is 1.02. The van der Waals surface area contributed by atoms with E-state index in [1.807, 2.05) is 13.0 Å². The van der Waals surface area contributed by atoms with Gasteiger partial charge in [-0.05, 0) is 44.6 Å². The zero-order valence-corrected chi connectivity index (χ0v) is 10.3. The van der Waals surface area contributed by atoms with Gasteiger partial charge < -0.3 is 9.64 Å².